The zero-order valence-corrected chi connectivity index (χ0v) is 13.3. The van der Waals surface area contributed by atoms with Crippen molar-refractivity contribution in [3.8, 4) is 5.75 Å². The lowest BCUT2D eigenvalue weighted by atomic mass is 10.3. The van der Waals surface area contributed by atoms with Gasteiger partial charge in [-0.2, -0.15) is 0 Å². The number of sulfonamides is 1. The van der Waals surface area contributed by atoms with Crippen LogP contribution in [-0.2, 0) is 10.0 Å². The molecule has 1 rings (SSSR count). The van der Waals surface area contributed by atoms with Crippen molar-refractivity contribution in [3.05, 3.63) is 24.3 Å². The van der Waals surface area contributed by atoms with Gasteiger partial charge in [0.2, 0.25) is 10.0 Å². The van der Waals surface area contributed by atoms with Gasteiger partial charge in [0, 0.05) is 12.6 Å². The first-order chi connectivity index (χ1) is 9.49. The Bertz CT molecular complexity index is 508. The minimum atomic E-state index is -3.36. The number of benzene rings is 1. The van der Waals surface area contributed by atoms with Crippen LogP contribution in [0.25, 0.3) is 0 Å². The fourth-order valence-corrected chi connectivity index (χ4v) is 2.96. The minimum absolute atomic E-state index is 0.409. The van der Waals surface area contributed by atoms with Crippen molar-refractivity contribution < 1.29 is 13.2 Å². The summed E-state index contributed by atoms with van der Waals surface area (Å²) in [6.07, 6.45) is 1.46. The molecule has 0 aliphatic rings. The van der Waals surface area contributed by atoms with Crippen LogP contribution in [0.3, 0.4) is 0 Å². The van der Waals surface area contributed by atoms with Crippen LogP contribution in [0.4, 0.5) is 5.69 Å². The van der Waals surface area contributed by atoms with Gasteiger partial charge in [0.15, 0.2) is 0 Å². The summed E-state index contributed by atoms with van der Waals surface area (Å²) in [5.74, 6) is 0.597. The van der Waals surface area contributed by atoms with Gasteiger partial charge < -0.3 is 4.74 Å². The van der Waals surface area contributed by atoms with E-state index in [9.17, 15) is 8.42 Å². The number of nitrogens with one attached hydrogen (secondary N) is 2. The summed E-state index contributed by atoms with van der Waals surface area (Å²) in [7, 11) is -3.36. The molecule has 20 heavy (non-hydrogen) atoms. The van der Waals surface area contributed by atoms with E-state index in [0.717, 1.165) is 6.42 Å². The molecule has 0 saturated carbocycles. The zero-order valence-electron chi connectivity index (χ0n) is 11.7. The second-order valence-corrected chi connectivity index (χ2v) is 6.87. The Morgan fingerprint density at radius 3 is 2.80 bits per heavy atom. The summed E-state index contributed by atoms with van der Waals surface area (Å²) in [6, 6.07) is 6.86. The van der Waals surface area contributed by atoms with E-state index in [4.69, 9.17) is 16.5 Å². The summed E-state index contributed by atoms with van der Waals surface area (Å²) in [5, 5.41) is -0.419. The smallest absolute Gasteiger partial charge is 0.235 e. The Morgan fingerprint density at radius 2 is 2.15 bits per heavy atom. The largest absolute Gasteiger partial charge is 0.492 e. The number of ether oxygens (including phenoxy) is 1. The molecule has 0 aromatic heterocycles. The van der Waals surface area contributed by atoms with Crippen LogP contribution in [-0.4, -0.2) is 26.8 Å². The van der Waals surface area contributed by atoms with Gasteiger partial charge in [-0.05, 0) is 37.3 Å². The molecule has 0 heterocycles. The van der Waals surface area contributed by atoms with Crippen LogP contribution < -0.4 is 14.3 Å². The summed E-state index contributed by atoms with van der Waals surface area (Å²) >= 11 is 5.33. The van der Waals surface area contributed by atoms with Gasteiger partial charge >= 0.3 is 0 Å². The Morgan fingerprint density at radius 1 is 1.40 bits per heavy atom. The van der Waals surface area contributed by atoms with E-state index >= 15 is 0 Å². The van der Waals surface area contributed by atoms with Crippen LogP contribution in [0.15, 0.2) is 24.3 Å². The van der Waals surface area contributed by atoms with Crippen molar-refractivity contribution in [3.63, 3.8) is 0 Å². The highest BCUT2D eigenvalue weighted by Gasteiger charge is 2.19. The monoisotopic (exact) mass is 320 g/mol. The SMILES string of the molecule is CCCC(C)S(=O)(=O)Nc1cccc(OCCNCl)c1. The van der Waals surface area contributed by atoms with E-state index < -0.39 is 15.3 Å². The Labute approximate surface area is 125 Å². The molecule has 1 atom stereocenters. The number of hydrogen-bond acceptors (Lipinski definition) is 4. The molecule has 2 N–H and O–H groups in total. The first kappa shape index (κ1) is 17.1. The highest BCUT2D eigenvalue weighted by Crippen LogP contribution is 2.20. The summed E-state index contributed by atoms with van der Waals surface area (Å²) in [4.78, 5) is 2.46. The standard InChI is InChI=1S/C13H21ClN2O3S/c1-3-5-11(2)20(17,18)16-12-6-4-7-13(10-12)19-9-8-15-14/h4,6-7,10-11,15-16H,3,5,8-9H2,1-2H3. The van der Waals surface area contributed by atoms with Gasteiger partial charge in [0.25, 0.3) is 0 Å². The second-order valence-electron chi connectivity index (χ2n) is 4.51. The van der Waals surface area contributed by atoms with Crippen LogP contribution in [0.5, 0.6) is 5.75 Å². The molecule has 0 spiro atoms. The lowest BCUT2D eigenvalue weighted by molar-refractivity contribution is 0.324. The van der Waals surface area contributed by atoms with Gasteiger partial charge in [-0.25, -0.2) is 13.3 Å². The molecule has 5 nitrogen and oxygen atoms in total. The molecule has 1 aromatic carbocycles. The van der Waals surface area contributed by atoms with Gasteiger partial charge in [-0.1, -0.05) is 19.4 Å². The molecule has 114 valence electrons. The lowest BCUT2D eigenvalue weighted by Crippen LogP contribution is -2.25. The molecule has 0 bridgehead atoms. The quantitative estimate of drug-likeness (QED) is 0.542. The zero-order chi connectivity index (χ0) is 15.0. The highest BCUT2D eigenvalue weighted by molar-refractivity contribution is 7.93. The van der Waals surface area contributed by atoms with Gasteiger partial charge in [0.1, 0.15) is 12.4 Å². The van der Waals surface area contributed by atoms with E-state index in [1.807, 2.05) is 6.92 Å². The second kappa shape index (κ2) is 8.34. The molecule has 0 aliphatic carbocycles. The maximum absolute atomic E-state index is 12.1. The molecule has 0 saturated heterocycles. The van der Waals surface area contributed by atoms with Crippen LogP contribution >= 0.6 is 11.8 Å². The molecule has 1 aromatic rings. The third-order valence-corrected chi connectivity index (χ3v) is 4.79. The van der Waals surface area contributed by atoms with E-state index in [1.165, 1.54) is 0 Å². The fourth-order valence-electron chi connectivity index (χ4n) is 1.68. The van der Waals surface area contributed by atoms with Crippen molar-refractivity contribution in [1.29, 1.82) is 0 Å². The van der Waals surface area contributed by atoms with Crippen molar-refractivity contribution in [2.75, 3.05) is 17.9 Å². The van der Waals surface area contributed by atoms with Crippen molar-refractivity contribution in [1.82, 2.24) is 4.84 Å². The van der Waals surface area contributed by atoms with Gasteiger partial charge in [-0.3, -0.25) is 4.72 Å². The first-order valence-electron chi connectivity index (χ1n) is 6.57. The van der Waals surface area contributed by atoms with Crippen LogP contribution in [0.1, 0.15) is 26.7 Å². The Kier molecular flexibility index (Phi) is 7.12. The number of halogens is 1. The molecule has 1 unspecified atom stereocenters. The van der Waals surface area contributed by atoms with Crippen LogP contribution in [0.2, 0.25) is 0 Å². The topological polar surface area (TPSA) is 67.4 Å². The summed E-state index contributed by atoms with van der Waals surface area (Å²) in [5.41, 5.74) is 0.504. The Hall–Kier alpha value is -0.980. The van der Waals surface area contributed by atoms with Crippen molar-refractivity contribution in [2.24, 2.45) is 0 Å². The maximum atomic E-state index is 12.1. The average molecular weight is 321 g/mol. The molecule has 7 heteroatoms. The molecular weight excluding hydrogens is 300 g/mol. The minimum Gasteiger partial charge on any atom is -0.492 e. The molecule has 0 radical (unpaired) electrons. The normalized spacial score (nSPS) is 12.9. The van der Waals surface area contributed by atoms with Gasteiger partial charge in [0.05, 0.1) is 10.9 Å². The lowest BCUT2D eigenvalue weighted by Gasteiger charge is -2.14. The van der Waals surface area contributed by atoms with Gasteiger partial charge in [-0.15, -0.1) is 0 Å². The number of rotatable bonds is 9. The maximum Gasteiger partial charge on any atom is 0.235 e. The van der Waals surface area contributed by atoms with E-state index in [2.05, 4.69) is 9.56 Å². The third kappa shape index (κ3) is 5.56. The van der Waals surface area contributed by atoms with Crippen LogP contribution in [0, 0.1) is 0 Å². The average Bonchev–Trinajstić information content (AvgIpc) is 2.39. The number of hydrogen-bond donors (Lipinski definition) is 2. The number of anilines is 1. The predicted molar refractivity (Wildman–Crippen MR) is 82.7 cm³/mol. The van der Waals surface area contributed by atoms with E-state index in [0.29, 0.717) is 31.0 Å². The summed E-state index contributed by atoms with van der Waals surface area (Å²) < 4.78 is 32.2. The third-order valence-electron chi connectivity index (χ3n) is 2.78. The Balaban J connectivity index is 2.70. The fraction of sp³-hybridized carbons (Fsp3) is 0.538. The van der Waals surface area contributed by atoms with Crippen molar-refractivity contribution >= 4 is 27.5 Å². The molecule has 0 aliphatic heterocycles. The first-order valence-corrected chi connectivity index (χ1v) is 8.50. The van der Waals surface area contributed by atoms with Crippen molar-refractivity contribution in [2.45, 2.75) is 31.9 Å². The summed E-state index contributed by atoms with van der Waals surface area (Å²) in [6.45, 7) is 4.58. The molecule has 0 fully saturated rings. The molecule has 0 amide bonds. The van der Waals surface area contributed by atoms with E-state index in [-0.39, 0.29) is 0 Å². The predicted octanol–water partition coefficient (Wildman–Crippen LogP) is 2.74. The highest BCUT2D eigenvalue weighted by atomic mass is 35.5. The van der Waals surface area contributed by atoms with E-state index in [1.54, 1.807) is 31.2 Å². The molecular formula is C13H21ClN2O3S.